The van der Waals surface area contributed by atoms with Crippen LogP contribution in [0.15, 0.2) is 48.7 Å². The number of methoxy groups -OCH3 is 1. The molecule has 0 bridgehead atoms. The second-order valence-corrected chi connectivity index (χ2v) is 10.2. The fraction of sp³-hybridized carbons (Fsp3) is 0.300. The Morgan fingerprint density at radius 1 is 1.16 bits per heavy atom. The number of nitrogens with one attached hydrogen (secondary N) is 1. The van der Waals surface area contributed by atoms with Gasteiger partial charge in [0.2, 0.25) is 5.88 Å². The molecule has 10 nitrogen and oxygen atoms in total. The normalized spacial score (nSPS) is 16.0. The van der Waals surface area contributed by atoms with Gasteiger partial charge >= 0.3 is 12.1 Å². The Morgan fingerprint density at radius 3 is 2.56 bits per heavy atom. The molecular formula is C30H26F5N5O5. The molecule has 0 spiro atoms. The molecule has 2 N–H and O–H groups in total. The summed E-state index contributed by atoms with van der Waals surface area (Å²) < 4.78 is 80.8. The summed E-state index contributed by atoms with van der Waals surface area (Å²) in [4.78, 5) is 39.2. The first kappa shape index (κ1) is 31.5. The van der Waals surface area contributed by atoms with E-state index in [-0.39, 0.29) is 19.6 Å². The Morgan fingerprint density at radius 2 is 1.89 bits per heavy atom. The molecule has 4 aromatic rings. The number of fused-ring (bicyclic) bond motifs is 1. The highest BCUT2D eigenvalue weighted by Gasteiger charge is 2.46. The van der Waals surface area contributed by atoms with E-state index in [2.05, 4.69) is 20.3 Å². The van der Waals surface area contributed by atoms with E-state index in [1.54, 1.807) is 37.3 Å². The summed E-state index contributed by atoms with van der Waals surface area (Å²) in [6.07, 6.45) is -3.51. The van der Waals surface area contributed by atoms with Crippen LogP contribution in [0.25, 0.3) is 22.3 Å². The Hall–Kier alpha value is -4.92. The lowest BCUT2D eigenvalue weighted by atomic mass is 9.97. The second-order valence-electron chi connectivity index (χ2n) is 10.2. The number of aliphatic carboxylic acids is 1. The van der Waals surface area contributed by atoms with Crippen molar-refractivity contribution in [2.45, 2.75) is 31.6 Å². The summed E-state index contributed by atoms with van der Waals surface area (Å²) in [6, 6.07) is 5.64. The minimum Gasteiger partial charge on any atom is -0.481 e. The number of halogens is 5. The van der Waals surface area contributed by atoms with Gasteiger partial charge in [0.05, 0.1) is 25.8 Å². The highest BCUT2D eigenvalue weighted by Crippen LogP contribution is 2.33. The predicted octanol–water partition coefficient (Wildman–Crippen LogP) is 4.48. The number of carboxylic acid groups (broad SMARTS) is 1. The topological polar surface area (TPSA) is 127 Å². The van der Waals surface area contributed by atoms with E-state index in [4.69, 9.17) is 9.47 Å². The molecule has 5 rings (SSSR count). The summed E-state index contributed by atoms with van der Waals surface area (Å²) in [6.45, 7) is 0.641. The van der Waals surface area contributed by atoms with E-state index >= 15 is 8.78 Å². The van der Waals surface area contributed by atoms with Crippen molar-refractivity contribution >= 4 is 28.5 Å². The standard InChI is InChI=1S/C30H26F5N5O5/c1-15-10-24(44-2)39-27(37-15)19-6-5-16(18-4-3-7-36-26(18)19)11-22(29(42)43)38-28(41)25-20(31)12-17(13-21(25)32)40-8-9-45-14-23(40)30(33,34)35/h3-7,10,12-13,22-23H,8-9,11,14H2,1-2H3,(H,38,41)(H,42,43)/t22-,23+/m0/s1. The minimum atomic E-state index is -4.74. The van der Waals surface area contributed by atoms with Gasteiger partial charge in [0.15, 0.2) is 5.82 Å². The third kappa shape index (κ3) is 6.62. The van der Waals surface area contributed by atoms with Crippen molar-refractivity contribution in [3.05, 3.63) is 77.1 Å². The summed E-state index contributed by atoms with van der Waals surface area (Å²) in [5.74, 6) is -5.14. The number of alkyl halides is 3. The number of ether oxygens (including phenoxy) is 2. The van der Waals surface area contributed by atoms with E-state index in [0.717, 1.165) is 4.90 Å². The van der Waals surface area contributed by atoms with Crippen LogP contribution in [0.4, 0.5) is 27.6 Å². The van der Waals surface area contributed by atoms with Crippen molar-refractivity contribution in [1.82, 2.24) is 20.3 Å². The number of hydrogen-bond donors (Lipinski definition) is 2. The van der Waals surface area contributed by atoms with E-state index in [1.165, 1.54) is 13.3 Å². The fourth-order valence-corrected chi connectivity index (χ4v) is 5.13. The molecule has 1 aliphatic heterocycles. The predicted molar refractivity (Wildman–Crippen MR) is 151 cm³/mol. The molecule has 0 aliphatic carbocycles. The van der Waals surface area contributed by atoms with Gasteiger partial charge in [-0.3, -0.25) is 9.78 Å². The number of morpholine rings is 1. The molecule has 45 heavy (non-hydrogen) atoms. The zero-order chi connectivity index (χ0) is 32.5. The van der Waals surface area contributed by atoms with Crippen molar-refractivity contribution in [2.24, 2.45) is 0 Å². The number of rotatable bonds is 8. The smallest absolute Gasteiger partial charge is 0.411 e. The highest BCUT2D eigenvalue weighted by molar-refractivity contribution is 5.98. The number of aryl methyl sites for hydroxylation is 1. The van der Waals surface area contributed by atoms with Crippen molar-refractivity contribution in [3.8, 4) is 17.3 Å². The molecule has 1 fully saturated rings. The maximum atomic E-state index is 15.1. The number of nitrogens with zero attached hydrogens (tertiary/aromatic N) is 4. The number of hydrogen-bond acceptors (Lipinski definition) is 8. The van der Waals surface area contributed by atoms with Gasteiger partial charge in [-0.05, 0) is 36.8 Å². The summed E-state index contributed by atoms with van der Waals surface area (Å²) in [7, 11) is 1.46. The second kappa shape index (κ2) is 12.6. The molecule has 0 unspecified atom stereocenters. The molecule has 236 valence electrons. The first-order valence-corrected chi connectivity index (χ1v) is 13.6. The van der Waals surface area contributed by atoms with Crippen LogP contribution in [0.3, 0.4) is 0 Å². The van der Waals surface area contributed by atoms with Crippen molar-refractivity contribution < 1.29 is 46.1 Å². The molecular weight excluding hydrogens is 605 g/mol. The number of amides is 1. The van der Waals surface area contributed by atoms with Gasteiger partial charge in [0, 0.05) is 47.6 Å². The van der Waals surface area contributed by atoms with Crippen molar-refractivity contribution in [1.29, 1.82) is 0 Å². The number of pyridine rings is 1. The van der Waals surface area contributed by atoms with Crippen LogP contribution in [-0.2, 0) is 16.0 Å². The van der Waals surface area contributed by atoms with Crippen LogP contribution >= 0.6 is 0 Å². The number of anilines is 1. The van der Waals surface area contributed by atoms with Gasteiger partial charge in [0.1, 0.15) is 29.3 Å². The average Bonchev–Trinajstić information content (AvgIpc) is 2.99. The van der Waals surface area contributed by atoms with Crippen LogP contribution in [0.1, 0.15) is 21.6 Å². The maximum Gasteiger partial charge on any atom is 0.411 e. The van der Waals surface area contributed by atoms with Gasteiger partial charge in [-0.1, -0.05) is 12.1 Å². The van der Waals surface area contributed by atoms with E-state index in [1.807, 2.05) is 0 Å². The third-order valence-electron chi connectivity index (χ3n) is 7.26. The van der Waals surface area contributed by atoms with Gasteiger partial charge in [-0.25, -0.2) is 18.6 Å². The lowest BCUT2D eigenvalue weighted by molar-refractivity contribution is -0.167. The summed E-state index contributed by atoms with van der Waals surface area (Å²) in [5, 5.41) is 12.6. The lowest BCUT2D eigenvalue weighted by Crippen LogP contribution is -2.53. The molecule has 15 heteroatoms. The van der Waals surface area contributed by atoms with Crippen LogP contribution in [0.2, 0.25) is 0 Å². The van der Waals surface area contributed by atoms with Crippen LogP contribution in [0, 0.1) is 18.6 Å². The Bertz CT molecular complexity index is 1750. The van der Waals surface area contributed by atoms with E-state index in [9.17, 15) is 27.9 Å². The maximum absolute atomic E-state index is 15.1. The number of aromatic nitrogens is 3. The number of carbonyl (C=O) groups excluding carboxylic acids is 1. The zero-order valence-electron chi connectivity index (χ0n) is 23.9. The first-order chi connectivity index (χ1) is 21.4. The van der Waals surface area contributed by atoms with Gasteiger partial charge in [-0.2, -0.15) is 18.2 Å². The van der Waals surface area contributed by atoms with Gasteiger partial charge < -0.3 is 24.8 Å². The summed E-state index contributed by atoms with van der Waals surface area (Å²) >= 11 is 0. The van der Waals surface area contributed by atoms with Crippen molar-refractivity contribution in [3.63, 3.8) is 0 Å². The Labute approximate surface area is 252 Å². The monoisotopic (exact) mass is 631 g/mol. The lowest BCUT2D eigenvalue weighted by Gasteiger charge is -2.38. The quantitative estimate of drug-likeness (QED) is 0.271. The molecule has 1 aliphatic rings. The summed E-state index contributed by atoms with van der Waals surface area (Å²) in [5.41, 5.74) is 0.480. The van der Waals surface area contributed by atoms with E-state index in [0.29, 0.717) is 51.6 Å². The number of benzene rings is 2. The number of carboxylic acids is 1. The van der Waals surface area contributed by atoms with E-state index < -0.39 is 59.6 Å². The average molecular weight is 632 g/mol. The van der Waals surface area contributed by atoms with Crippen LogP contribution < -0.4 is 15.0 Å². The highest BCUT2D eigenvalue weighted by atomic mass is 19.4. The number of carbonyl (C=O) groups is 2. The third-order valence-corrected chi connectivity index (χ3v) is 7.26. The fourth-order valence-electron chi connectivity index (χ4n) is 5.13. The molecule has 3 heterocycles. The van der Waals surface area contributed by atoms with Crippen LogP contribution in [0.5, 0.6) is 5.88 Å². The van der Waals surface area contributed by atoms with Crippen molar-refractivity contribution in [2.75, 3.05) is 31.8 Å². The van der Waals surface area contributed by atoms with Crippen LogP contribution in [-0.4, -0.2) is 77.1 Å². The molecule has 2 atom stereocenters. The molecule has 1 saturated heterocycles. The first-order valence-electron chi connectivity index (χ1n) is 13.6. The van der Waals surface area contributed by atoms with Gasteiger partial charge in [-0.15, -0.1) is 0 Å². The molecule has 2 aromatic heterocycles. The molecule has 0 saturated carbocycles. The Balaban J connectivity index is 1.42. The largest absolute Gasteiger partial charge is 0.481 e. The minimum absolute atomic E-state index is 0.101. The molecule has 2 aromatic carbocycles. The zero-order valence-corrected chi connectivity index (χ0v) is 23.9. The molecule has 0 radical (unpaired) electrons. The Kier molecular flexibility index (Phi) is 8.82. The molecule has 1 amide bonds. The van der Waals surface area contributed by atoms with Gasteiger partial charge in [0.25, 0.3) is 5.91 Å². The SMILES string of the molecule is COc1cc(C)nc(-c2ccc(C[C@H](NC(=O)c3c(F)cc(N4CCOC[C@@H]4C(F)(F)F)cc3F)C(=O)O)c3cccnc23)n1.